The highest BCUT2D eigenvalue weighted by Gasteiger charge is 2.49. The van der Waals surface area contributed by atoms with Crippen LogP contribution >= 0.6 is 0 Å². The summed E-state index contributed by atoms with van der Waals surface area (Å²) in [4.78, 5) is 11.1. The zero-order valence-corrected chi connectivity index (χ0v) is 11.4. The van der Waals surface area contributed by atoms with E-state index in [0.717, 1.165) is 25.8 Å². The highest BCUT2D eigenvalue weighted by molar-refractivity contribution is 5.85. The first kappa shape index (κ1) is 13.1. The summed E-state index contributed by atoms with van der Waals surface area (Å²) in [6.07, 6.45) is 2.55. The Hall–Kier alpha value is -1.87. The van der Waals surface area contributed by atoms with Crippen molar-refractivity contribution in [1.82, 2.24) is 5.32 Å². The van der Waals surface area contributed by atoms with Crippen LogP contribution in [0, 0.1) is 5.41 Å². The third-order valence-corrected chi connectivity index (χ3v) is 4.22. The molecule has 0 atom stereocenters. The molecule has 3 rings (SSSR count). The van der Waals surface area contributed by atoms with Crippen molar-refractivity contribution in [2.75, 3.05) is 13.1 Å². The minimum absolute atomic E-state index is 0.473. The third kappa shape index (κ3) is 2.54. The van der Waals surface area contributed by atoms with E-state index in [1.807, 2.05) is 6.07 Å². The summed E-state index contributed by atoms with van der Waals surface area (Å²) in [7, 11) is 0. The monoisotopic (exact) mass is 269 g/mol. The number of hydrogen-bond donors (Lipinski definition) is 2. The fourth-order valence-corrected chi connectivity index (χ4v) is 2.68. The Morgan fingerprint density at radius 1 is 1.15 bits per heavy atom. The van der Waals surface area contributed by atoms with Crippen molar-refractivity contribution in [3.8, 4) is 0 Å². The van der Waals surface area contributed by atoms with Gasteiger partial charge in [0.2, 0.25) is 0 Å². The Morgan fingerprint density at radius 2 is 1.90 bits per heavy atom. The molecule has 2 aromatic rings. The van der Waals surface area contributed by atoms with Crippen molar-refractivity contribution >= 4 is 16.7 Å². The van der Waals surface area contributed by atoms with Gasteiger partial charge < -0.3 is 10.4 Å². The van der Waals surface area contributed by atoms with Gasteiger partial charge in [0.05, 0.1) is 5.41 Å². The molecular formula is C17H19NO2. The van der Waals surface area contributed by atoms with Gasteiger partial charge in [0.25, 0.3) is 0 Å². The molecule has 3 nitrogen and oxygen atoms in total. The molecule has 2 N–H and O–H groups in total. The van der Waals surface area contributed by atoms with Crippen LogP contribution in [-0.4, -0.2) is 24.2 Å². The summed E-state index contributed by atoms with van der Waals surface area (Å²) < 4.78 is 0. The summed E-state index contributed by atoms with van der Waals surface area (Å²) >= 11 is 0. The van der Waals surface area contributed by atoms with Crippen LogP contribution in [0.5, 0.6) is 0 Å². The van der Waals surface area contributed by atoms with E-state index in [2.05, 4.69) is 41.7 Å². The van der Waals surface area contributed by atoms with E-state index in [1.54, 1.807) is 0 Å². The van der Waals surface area contributed by atoms with Crippen LogP contribution in [0.15, 0.2) is 42.5 Å². The van der Waals surface area contributed by atoms with Gasteiger partial charge in [0, 0.05) is 6.54 Å². The predicted octanol–water partition coefficient (Wildman–Crippen LogP) is 2.84. The van der Waals surface area contributed by atoms with Gasteiger partial charge in [-0.3, -0.25) is 4.79 Å². The van der Waals surface area contributed by atoms with Gasteiger partial charge in [-0.05, 0) is 42.1 Å². The summed E-state index contributed by atoms with van der Waals surface area (Å²) in [6, 6.07) is 14.7. The van der Waals surface area contributed by atoms with Crippen molar-refractivity contribution in [2.24, 2.45) is 5.41 Å². The van der Waals surface area contributed by atoms with E-state index in [1.165, 1.54) is 16.3 Å². The molecule has 20 heavy (non-hydrogen) atoms. The lowest BCUT2D eigenvalue weighted by atomic mass is 10.0. The minimum Gasteiger partial charge on any atom is -0.481 e. The normalized spacial score (nSPS) is 16.2. The van der Waals surface area contributed by atoms with E-state index in [4.69, 9.17) is 5.11 Å². The lowest BCUT2D eigenvalue weighted by Gasteiger charge is -2.12. The number of nitrogens with one attached hydrogen (secondary N) is 1. The maximum absolute atomic E-state index is 11.1. The van der Waals surface area contributed by atoms with E-state index in [-0.39, 0.29) is 0 Å². The van der Waals surface area contributed by atoms with E-state index < -0.39 is 11.4 Å². The van der Waals surface area contributed by atoms with Gasteiger partial charge in [-0.2, -0.15) is 0 Å². The highest BCUT2D eigenvalue weighted by atomic mass is 16.4. The van der Waals surface area contributed by atoms with Gasteiger partial charge in [-0.25, -0.2) is 0 Å². The van der Waals surface area contributed by atoms with Crippen LogP contribution in [0.4, 0.5) is 0 Å². The molecule has 1 saturated carbocycles. The Balaban J connectivity index is 1.59. The first-order valence-electron chi connectivity index (χ1n) is 7.12. The van der Waals surface area contributed by atoms with Crippen molar-refractivity contribution in [2.45, 2.75) is 19.3 Å². The van der Waals surface area contributed by atoms with Crippen molar-refractivity contribution in [1.29, 1.82) is 0 Å². The lowest BCUT2D eigenvalue weighted by Crippen LogP contribution is -2.31. The van der Waals surface area contributed by atoms with Gasteiger partial charge in [0.1, 0.15) is 0 Å². The quantitative estimate of drug-likeness (QED) is 0.793. The molecular weight excluding hydrogens is 250 g/mol. The van der Waals surface area contributed by atoms with Crippen molar-refractivity contribution < 1.29 is 9.90 Å². The van der Waals surface area contributed by atoms with E-state index in [9.17, 15) is 4.79 Å². The molecule has 0 saturated heterocycles. The van der Waals surface area contributed by atoms with Gasteiger partial charge >= 0.3 is 5.97 Å². The summed E-state index contributed by atoms with van der Waals surface area (Å²) in [5.74, 6) is -0.657. The second-order valence-corrected chi connectivity index (χ2v) is 5.65. The average molecular weight is 269 g/mol. The number of hydrogen-bond acceptors (Lipinski definition) is 2. The van der Waals surface area contributed by atoms with Crippen molar-refractivity contribution in [3.63, 3.8) is 0 Å². The maximum Gasteiger partial charge on any atom is 0.310 e. The van der Waals surface area contributed by atoms with E-state index in [0.29, 0.717) is 6.54 Å². The minimum atomic E-state index is -0.657. The van der Waals surface area contributed by atoms with Gasteiger partial charge in [-0.1, -0.05) is 42.5 Å². The number of rotatable bonds is 6. The van der Waals surface area contributed by atoms with E-state index >= 15 is 0 Å². The predicted molar refractivity (Wildman–Crippen MR) is 79.8 cm³/mol. The first-order valence-corrected chi connectivity index (χ1v) is 7.12. The van der Waals surface area contributed by atoms with Crippen LogP contribution in [0.25, 0.3) is 10.8 Å². The SMILES string of the molecule is O=C(O)C1(CNCCc2cccc3ccccc23)CC1. The average Bonchev–Trinajstić information content (AvgIpc) is 3.25. The summed E-state index contributed by atoms with van der Waals surface area (Å²) in [5.41, 5.74) is 0.842. The molecule has 0 bridgehead atoms. The fourth-order valence-electron chi connectivity index (χ4n) is 2.68. The molecule has 1 aliphatic rings. The number of carboxylic acids is 1. The number of carboxylic acid groups (broad SMARTS) is 1. The fraction of sp³-hybridized carbons (Fsp3) is 0.353. The topological polar surface area (TPSA) is 49.3 Å². The Kier molecular flexibility index (Phi) is 3.45. The zero-order chi connectivity index (χ0) is 14.0. The second-order valence-electron chi connectivity index (χ2n) is 5.65. The molecule has 1 aliphatic carbocycles. The molecule has 0 radical (unpaired) electrons. The largest absolute Gasteiger partial charge is 0.481 e. The molecule has 0 spiro atoms. The van der Waals surface area contributed by atoms with Crippen LogP contribution in [0.1, 0.15) is 18.4 Å². The standard InChI is InChI=1S/C17H19NO2/c19-16(20)17(9-10-17)12-18-11-8-14-6-3-5-13-4-1-2-7-15(13)14/h1-7,18H,8-12H2,(H,19,20). The van der Waals surface area contributed by atoms with Crippen LogP contribution in [0.3, 0.4) is 0 Å². The molecule has 0 amide bonds. The maximum atomic E-state index is 11.1. The van der Waals surface area contributed by atoms with Gasteiger partial charge in [0.15, 0.2) is 0 Å². The second kappa shape index (κ2) is 5.25. The molecule has 1 fully saturated rings. The van der Waals surface area contributed by atoms with Crippen LogP contribution in [-0.2, 0) is 11.2 Å². The van der Waals surface area contributed by atoms with Gasteiger partial charge in [-0.15, -0.1) is 0 Å². The number of aliphatic carboxylic acids is 1. The smallest absolute Gasteiger partial charge is 0.310 e. The first-order chi connectivity index (χ1) is 9.71. The summed E-state index contributed by atoms with van der Waals surface area (Å²) in [6.45, 7) is 1.41. The number of fused-ring (bicyclic) bond motifs is 1. The number of benzene rings is 2. The molecule has 0 heterocycles. The molecule has 0 aliphatic heterocycles. The molecule has 3 heteroatoms. The summed E-state index contributed by atoms with van der Waals surface area (Å²) in [5, 5.41) is 15.0. The Morgan fingerprint density at radius 3 is 2.65 bits per heavy atom. The molecule has 104 valence electrons. The zero-order valence-electron chi connectivity index (χ0n) is 11.4. The Labute approximate surface area is 118 Å². The molecule has 0 unspecified atom stereocenters. The highest BCUT2D eigenvalue weighted by Crippen LogP contribution is 2.45. The lowest BCUT2D eigenvalue weighted by molar-refractivity contribution is -0.143. The Bertz CT molecular complexity index is 626. The van der Waals surface area contributed by atoms with Crippen molar-refractivity contribution in [3.05, 3.63) is 48.0 Å². The third-order valence-electron chi connectivity index (χ3n) is 4.22. The molecule has 0 aromatic heterocycles. The van der Waals surface area contributed by atoms with Crippen LogP contribution < -0.4 is 5.32 Å². The molecule has 2 aromatic carbocycles. The number of carbonyl (C=O) groups is 1. The van der Waals surface area contributed by atoms with Crippen LogP contribution in [0.2, 0.25) is 0 Å².